The summed E-state index contributed by atoms with van der Waals surface area (Å²) in [6.45, 7) is 4.87. The van der Waals surface area contributed by atoms with Crippen molar-refractivity contribution in [3.63, 3.8) is 0 Å². The Labute approximate surface area is 198 Å². The molecule has 10 nitrogen and oxygen atoms in total. The van der Waals surface area contributed by atoms with Gasteiger partial charge in [-0.2, -0.15) is 4.52 Å². The minimum atomic E-state index is -0.00271. The third-order valence-electron chi connectivity index (χ3n) is 6.46. The van der Waals surface area contributed by atoms with Gasteiger partial charge in [0.05, 0.1) is 13.2 Å². The highest BCUT2D eigenvalue weighted by molar-refractivity contribution is 5.76. The number of piperazine rings is 1. The smallest absolute Gasteiger partial charge is 0.220 e. The van der Waals surface area contributed by atoms with Crippen LogP contribution in [-0.2, 0) is 16.0 Å². The molecule has 0 saturated carbocycles. The van der Waals surface area contributed by atoms with E-state index in [-0.39, 0.29) is 12.0 Å². The first-order valence-electron chi connectivity index (χ1n) is 11.9. The second-order valence-corrected chi connectivity index (χ2v) is 8.69. The standard InChI is InChI=1S/C24H31N7O3/c1-33-19-5-2-4-18(16-19)29-11-13-30(14-12-29)23-8-7-21-26-27-22(31(21)28-23)9-10-24(32)25-17-20-6-3-15-34-20/h2,4-5,7-8,16,20H,3,6,9-15,17H2,1H3,(H,25,32)/t20-/m0/s1. The van der Waals surface area contributed by atoms with Gasteiger partial charge in [0.2, 0.25) is 5.91 Å². The van der Waals surface area contributed by atoms with E-state index in [0.29, 0.717) is 30.9 Å². The first-order chi connectivity index (χ1) is 16.7. The Morgan fingerprint density at radius 2 is 2.00 bits per heavy atom. The highest BCUT2D eigenvalue weighted by Gasteiger charge is 2.20. The Morgan fingerprint density at radius 1 is 1.15 bits per heavy atom. The van der Waals surface area contributed by atoms with E-state index in [2.05, 4.69) is 37.4 Å². The van der Waals surface area contributed by atoms with Crippen LogP contribution in [0.3, 0.4) is 0 Å². The number of hydrogen-bond acceptors (Lipinski definition) is 8. The number of nitrogens with zero attached hydrogens (tertiary/aromatic N) is 6. The number of rotatable bonds is 8. The van der Waals surface area contributed by atoms with Crippen LogP contribution in [0.25, 0.3) is 5.65 Å². The van der Waals surface area contributed by atoms with E-state index in [0.717, 1.165) is 57.2 Å². The van der Waals surface area contributed by atoms with E-state index in [9.17, 15) is 4.79 Å². The van der Waals surface area contributed by atoms with Crippen molar-refractivity contribution in [2.45, 2.75) is 31.8 Å². The van der Waals surface area contributed by atoms with E-state index in [1.54, 1.807) is 11.6 Å². The fourth-order valence-corrected chi connectivity index (χ4v) is 4.50. The van der Waals surface area contributed by atoms with Crippen molar-refractivity contribution in [3.05, 3.63) is 42.2 Å². The minimum absolute atomic E-state index is 0.00271. The van der Waals surface area contributed by atoms with Gasteiger partial charge in [0.1, 0.15) is 11.6 Å². The van der Waals surface area contributed by atoms with Crippen molar-refractivity contribution >= 4 is 23.1 Å². The predicted molar refractivity (Wildman–Crippen MR) is 129 cm³/mol. The molecule has 4 heterocycles. The lowest BCUT2D eigenvalue weighted by Crippen LogP contribution is -2.47. The van der Waals surface area contributed by atoms with Gasteiger partial charge in [-0.1, -0.05) is 6.07 Å². The molecule has 0 spiro atoms. The maximum atomic E-state index is 12.3. The number of anilines is 2. The van der Waals surface area contributed by atoms with Crippen molar-refractivity contribution in [2.75, 3.05) is 56.2 Å². The summed E-state index contributed by atoms with van der Waals surface area (Å²) in [5.74, 6) is 2.45. The highest BCUT2D eigenvalue weighted by atomic mass is 16.5. The molecule has 1 aromatic carbocycles. The number of carbonyl (C=O) groups is 1. The van der Waals surface area contributed by atoms with Gasteiger partial charge in [-0.05, 0) is 37.1 Å². The number of amides is 1. The molecule has 5 rings (SSSR count). The molecule has 1 N–H and O–H groups in total. The molecular weight excluding hydrogens is 434 g/mol. The molecule has 2 aliphatic heterocycles. The lowest BCUT2D eigenvalue weighted by atomic mass is 10.2. The third-order valence-corrected chi connectivity index (χ3v) is 6.46. The first-order valence-corrected chi connectivity index (χ1v) is 11.9. The van der Waals surface area contributed by atoms with Crippen molar-refractivity contribution in [3.8, 4) is 5.75 Å². The summed E-state index contributed by atoms with van der Waals surface area (Å²) in [5, 5.41) is 16.2. The molecule has 0 bridgehead atoms. The highest BCUT2D eigenvalue weighted by Crippen LogP contribution is 2.23. The maximum Gasteiger partial charge on any atom is 0.220 e. The summed E-state index contributed by atoms with van der Waals surface area (Å²) in [6.07, 6.45) is 3.05. The zero-order valence-electron chi connectivity index (χ0n) is 19.5. The number of benzene rings is 1. The van der Waals surface area contributed by atoms with Crippen LogP contribution in [0, 0.1) is 0 Å². The largest absolute Gasteiger partial charge is 0.497 e. The van der Waals surface area contributed by atoms with Crippen LogP contribution < -0.4 is 19.9 Å². The molecule has 3 aromatic rings. The lowest BCUT2D eigenvalue weighted by molar-refractivity contribution is -0.121. The number of aromatic nitrogens is 4. The molecule has 180 valence electrons. The van der Waals surface area contributed by atoms with Gasteiger partial charge in [0.25, 0.3) is 0 Å². The quantitative estimate of drug-likeness (QED) is 0.537. The van der Waals surface area contributed by atoms with E-state index in [1.807, 2.05) is 24.3 Å². The number of nitrogens with one attached hydrogen (secondary N) is 1. The molecule has 2 fully saturated rings. The number of ether oxygens (including phenoxy) is 2. The Kier molecular flexibility index (Phi) is 6.75. The fraction of sp³-hybridized carbons (Fsp3) is 0.500. The van der Waals surface area contributed by atoms with Crippen LogP contribution >= 0.6 is 0 Å². The van der Waals surface area contributed by atoms with Crippen molar-refractivity contribution in [2.24, 2.45) is 0 Å². The SMILES string of the molecule is COc1cccc(N2CCN(c3ccc4nnc(CCC(=O)NC[C@@H]5CCCO5)n4n3)CC2)c1. The molecule has 1 amide bonds. The van der Waals surface area contributed by atoms with Gasteiger partial charge in [0.15, 0.2) is 11.5 Å². The average Bonchev–Trinajstić information content (AvgIpc) is 3.56. The lowest BCUT2D eigenvalue weighted by Gasteiger charge is -2.36. The number of hydrogen-bond donors (Lipinski definition) is 1. The van der Waals surface area contributed by atoms with Gasteiger partial charge in [0, 0.05) is 63.9 Å². The van der Waals surface area contributed by atoms with Crippen LogP contribution in [0.5, 0.6) is 5.75 Å². The van der Waals surface area contributed by atoms with E-state index in [4.69, 9.17) is 14.6 Å². The van der Waals surface area contributed by atoms with Crippen LogP contribution in [0.15, 0.2) is 36.4 Å². The third kappa shape index (κ3) is 5.06. The van der Waals surface area contributed by atoms with Crippen LogP contribution in [0.4, 0.5) is 11.5 Å². The Bertz CT molecular complexity index is 1120. The molecule has 10 heteroatoms. The van der Waals surface area contributed by atoms with E-state index < -0.39 is 0 Å². The molecule has 0 aliphatic carbocycles. The van der Waals surface area contributed by atoms with Crippen LogP contribution in [0.2, 0.25) is 0 Å². The number of methoxy groups -OCH3 is 1. The molecule has 0 radical (unpaired) electrons. The molecule has 2 saturated heterocycles. The number of carbonyl (C=O) groups excluding carboxylic acids is 1. The summed E-state index contributed by atoms with van der Waals surface area (Å²) >= 11 is 0. The zero-order valence-corrected chi connectivity index (χ0v) is 19.5. The van der Waals surface area contributed by atoms with Crippen molar-refractivity contribution in [1.29, 1.82) is 0 Å². The van der Waals surface area contributed by atoms with Gasteiger partial charge in [-0.25, -0.2) is 0 Å². The van der Waals surface area contributed by atoms with E-state index >= 15 is 0 Å². The summed E-state index contributed by atoms with van der Waals surface area (Å²) in [7, 11) is 1.69. The molecule has 2 aliphatic rings. The van der Waals surface area contributed by atoms with Gasteiger partial charge in [-0.15, -0.1) is 15.3 Å². The molecule has 1 atom stereocenters. The van der Waals surface area contributed by atoms with Crippen LogP contribution in [-0.4, -0.2) is 78.3 Å². The zero-order chi connectivity index (χ0) is 23.3. The summed E-state index contributed by atoms with van der Waals surface area (Å²) < 4.78 is 12.7. The van der Waals surface area contributed by atoms with Gasteiger partial charge >= 0.3 is 0 Å². The molecule has 34 heavy (non-hydrogen) atoms. The van der Waals surface area contributed by atoms with Crippen LogP contribution in [0.1, 0.15) is 25.1 Å². The minimum Gasteiger partial charge on any atom is -0.497 e. The number of fused-ring (bicyclic) bond motifs is 1. The molecular formula is C24H31N7O3. The number of aryl methyl sites for hydroxylation is 1. The van der Waals surface area contributed by atoms with Crippen molar-refractivity contribution < 1.29 is 14.3 Å². The average molecular weight is 466 g/mol. The normalized spacial score (nSPS) is 18.4. The fourth-order valence-electron chi connectivity index (χ4n) is 4.50. The maximum absolute atomic E-state index is 12.3. The second kappa shape index (κ2) is 10.3. The summed E-state index contributed by atoms with van der Waals surface area (Å²) in [4.78, 5) is 16.9. The summed E-state index contributed by atoms with van der Waals surface area (Å²) in [6, 6.07) is 12.1. The Balaban J connectivity index is 1.18. The topological polar surface area (TPSA) is 97.1 Å². The predicted octanol–water partition coefficient (Wildman–Crippen LogP) is 1.69. The molecule has 0 unspecified atom stereocenters. The Hall–Kier alpha value is -3.40. The van der Waals surface area contributed by atoms with Gasteiger partial charge in [-0.3, -0.25) is 4.79 Å². The Morgan fingerprint density at radius 3 is 2.79 bits per heavy atom. The summed E-state index contributed by atoms with van der Waals surface area (Å²) in [5.41, 5.74) is 1.86. The monoisotopic (exact) mass is 465 g/mol. The van der Waals surface area contributed by atoms with Gasteiger partial charge < -0.3 is 24.6 Å². The molecule has 2 aromatic heterocycles. The van der Waals surface area contributed by atoms with Crippen molar-refractivity contribution in [1.82, 2.24) is 25.1 Å². The first kappa shape index (κ1) is 22.4. The second-order valence-electron chi connectivity index (χ2n) is 8.69. The van der Waals surface area contributed by atoms with E-state index in [1.165, 1.54) is 5.69 Å².